The number of hydrogen-bond donors (Lipinski definition) is 3. The largest absolute Gasteiger partial charge is 0.391 e. The quantitative estimate of drug-likeness (QED) is 0.327. The van der Waals surface area contributed by atoms with Crippen LogP contribution in [0.2, 0.25) is 0 Å². The molecule has 1 heterocycles. The first-order chi connectivity index (χ1) is 6.88. The highest BCUT2D eigenvalue weighted by Gasteiger charge is 2.28. The predicted molar refractivity (Wildman–Crippen MR) is 49.0 cm³/mol. The fraction of sp³-hybridized carbons (Fsp3) is 0.714. The standard InChI is InChI=1S/C7H12NO6P/c9-6(4-15(11,12)13)14-7(10)5-2-1-3-8-5/h5,8H,1-4H2,(H2,11,12,13)/t5-/m0/s1. The van der Waals surface area contributed by atoms with Crippen LogP contribution < -0.4 is 5.32 Å². The third-order valence-electron chi connectivity index (χ3n) is 1.89. The maximum Gasteiger partial charge on any atom is 0.336 e. The fourth-order valence-corrected chi connectivity index (χ4v) is 1.67. The van der Waals surface area contributed by atoms with Gasteiger partial charge in [0.2, 0.25) is 0 Å². The Balaban J connectivity index is 2.37. The summed E-state index contributed by atoms with van der Waals surface area (Å²) in [6.07, 6.45) is 0.319. The van der Waals surface area contributed by atoms with Crippen molar-refractivity contribution in [2.24, 2.45) is 0 Å². The Hall–Kier alpha value is -0.750. The monoisotopic (exact) mass is 237 g/mol. The zero-order valence-corrected chi connectivity index (χ0v) is 8.77. The molecule has 1 rings (SSSR count). The van der Waals surface area contributed by atoms with Crippen molar-refractivity contribution in [3.63, 3.8) is 0 Å². The molecule has 86 valence electrons. The Morgan fingerprint density at radius 3 is 2.60 bits per heavy atom. The number of carbonyl (C=O) groups is 2. The zero-order chi connectivity index (χ0) is 11.5. The van der Waals surface area contributed by atoms with Gasteiger partial charge >= 0.3 is 19.5 Å². The molecule has 7 nitrogen and oxygen atoms in total. The van der Waals surface area contributed by atoms with Gasteiger partial charge in [-0.1, -0.05) is 0 Å². The van der Waals surface area contributed by atoms with Crippen molar-refractivity contribution in [3.05, 3.63) is 0 Å². The number of rotatable bonds is 3. The molecule has 0 bridgehead atoms. The molecule has 0 aliphatic carbocycles. The normalized spacial score (nSPS) is 21.3. The summed E-state index contributed by atoms with van der Waals surface area (Å²) in [4.78, 5) is 38.9. The van der Waals surface area contributed by atoms with E-state index >= 15 is 0 Å². The van der Waals surface area contributed by atoms with Gasteiger partial charge in [0.15, 0.2) is 0 Å². The van der Waals surface area contributed by atoms with Crippen molar-refractivity contribution in [1.29, 1.82) is 0 Å². The lowest BCUT2D eigenvalue weighted by Crippen LogP contribution is -2.34. The van der Waals surface area contributed by atoms with Gasteiger partial charge in [0, 0.05) is 0 Å². The van der Waals surface area contributed by atoms with Crippen LogP contribution in [0.15, 0.2) is 0 Å². The van der Waals surface area contributed by atoms with E-state index in [1.165, 1.54) is 0 Å². The summed E-state index contributed by atoms with van der Waals surface area (Å²) in [6.45, 7) is 0.673. The number of carbonyl (C=O) groups excluding carboxylic acids is 2. The highest BCUT2D eigenvalue weighted by Crippen LogP contribution is 2.33. The van der Waals surface area contributed by atoms with Gasteiger partial charge in [-0.25, -0.2) is 4.79 Å². The number of ether oxygens (including phenoxy) is 1. The molecular formula is C7H12NO6P. The van der Waals surface area contributed by atoms with Gasteiger partial charge in [0.25, 0.3) is 0 Å². The van der Waals surface area contributed by atoms with E-state index < -0.39 is 31.7 Å². The van der Waals surface area contributed by atoms with E-state index in [2.05, 4.69) is 10.1 Å². The Kier molecular flexibility index (Phi) is 3.98. The zero-order valence-electron chi connectivity index (χ0n) is 7.88. The maximum atomic E-state index is 11.2. The van der Waals surface area contributed by atoms with E-state index in [1.807, 2.05) is 0 Å². The SMILES string of the molecule is O=C(CP(=O)(O)O)OC(=O)[C@@H]1CCCN1. The van der Waals surface area contributed by atoms with E-state index in [0.29, 0.717) is 13.0 Å². The van der Waals surface area contributed by atoms with Gasteiger partial charge < -0.3 is 19.8 Å². The van der Waals surface area contributed by atoms with E-state index in [1.54, 1.807) is 0 Å². The molecule has 0 aromatic heterocycles. The van der Waals surface area contributed by atoms with Crippen LogP contribution in [0.5, 0.6) is 0 Å². The second-order valence-corrected chi connectivity index (χ2v) is 4.91. The van der Waals surface area contributed by atoms with Crippen LogP contribution >= 0.6 is 7.60 Å². The van der Waals surface area contributed by atoms with Crippen molar-refractivity contribution in [2.45, 2.75) is 18.9 Å². The lowest BCUT2D eigenvalue weighted by atomic mass is 10.2. The molecule has 8 heteroatoms. The lowest BCUT2D eigenvalue weighted by molar-refractivity contribution is -0.159. The Bertz CT molecular complexity index is 305. The minimum atomic E-state index is -4.46. The molecule has 3 N–H and O–H groups in total. The third-order valence-corrected chi connectivity index (χ3v) is 2.56. The molecule has 0 unspecified atom stereocenters. The van der Waals surface area contributed by atoms with Gasteiger partial charge in [0.05, 0.1) is 0 Å². The Morgan fingerprint density at radius 1 is 1.47 bits per heavy atom. The van der Waals surface area contributed by atoms with Gasteiger partial charge in [-0.3, -0.25) is 9.36 Å². The Labute approximate surface area is 86.0 Å². The van der Waals surface area contributed by atoms with Gasteiger partial charge in [-0.05, 0) is 19.4 Å². The molecule has 15 heavy (non-hydrogen) atoms. The van der Waals surface area contributed by atoms with Crippen LogP contribution in [0.1, 0.15) is 12.8 Å². The smallest absolute Gasteiger partial charge is 0.336 e. The second-order valence-electron chi connectivity index (χ2n) is 3.26. The lowest BCUT2D eigenvalue weighted by Gasteiger charge is -2.08. The first-order valence-electron chi connectivity index (χ1n) is 4.41. The molecular weight excluding hydrogens is 225 g/mol. The first kappa shape index (κ1) is 12.3. The molecule has 0 aromatic rings. The fourth-order valence-electron chi connectivity index (χ4n) is 1.27. The summed E-state index contributed by atoms with van der Waals surface area (Å²) < 4.78 is 14.7. The van der Waals surface area contributed by atoms with Crippen molar-refractivity contribution in [1.82, 2.24) is 5.32 Å². The number of nitrogens with one attached hydrogen (secondary N) is 1. The highest BCUT2D eigenvalue weighted by atomic mass is 31.2. The van der Waals surface area contributed by atoms with Crippen LogP contribution in [-0.4, -0.2) is 40.5 Å². The van der Waals surface area contributed by atoms with Crippen molar-refractivity contribution >= 4 is 19.5 Å². The highest BCUT2D eigenvalue weighted by molar-refractivity contribution is 7.52. The second kappa shape index (κ2) is 4.85. The molecule has 1 atom stereocenters. The van der Waals surface area contributed by atoms with Gasteiger partial charge in [0.1, 0.15) is 12.2 Å². The Morgan fingerprint density at radius 2 is 2.13 bits per heavy atom. The molecule has 0 saturated carbocycles. The summed E-state index contributed by atoms with van der Waals surface area (Å²) >= 11 is 0. The molecule has 0 radical (unpaired) electrons. The molecule has 1 fully saturated rings. The van der Waals surface area contributed by atoms with Crippen LogP contribution in [-0.2, 0) is 18.9 Å². The van der Waals surface area contributed by atoms with Crippen molar-refractivity contribution < 1.29 is 28.7 Å². The summed E-state index contributed by atoms with van der Waals surface area (Å²) in [5.74, 6) is -1.96. The van der Waals surface area contributed by atoms with Crippen LogP contribution in [0, 0.1) is 0 Å². The molecule has 1 aliphatic heterocycles. The average Bonchev–Trinajstić information content (AvgIpc) is 2.50. The minimum absolute atomic E-state index is 0.536. The molecule has 0 spiro atoms. The van der Waals surface area contributed by atoms with Crippen molar-refractivity contribution in [2.75, 3.05) is 12.7 Å². The van der Waals surface area contributed by atoms with E-state index in [9.17, 15) is 14.2 Å². The summed E-state index contributed by atoms with van der Waals surface area (Å²) in [6, 6.07) is -0.536. The molecule has 0 aromatic carbocycles. The average molecular weight is 237 g/mol. The molecule has 1 saturated heterocycles. The predicted octanol–water partition coefficient (Wildman–Crippen LogP) is -1.01. The van der Waals surface area contributed by atoms with Gasteiger partial charge in [-0.15, -0.1) is 0 Å². The van der Waals surface area contributed by atoms with Crippen LogP contribution in [0.25, 0.3) is 0 Å². The minimum Gasteiger partial charge on any atom is -0.391 e. The first-order valence-corrected chi connectivity index (χ1v) is 6.21. The van der Waals surface area contributed by atoms with Crippen LogP contribution in [0.3, 0.4) is 0 Å². The van der Waals surface area contributed by atoms with E-state index in [0.717, 1.165) is 6.42 Å². The molecule has 0 amide bonds. The topological polar surface area (TPSA) is 113 Å². The van der Waals surface area contributed by atoms with Crippen molar-refractivity contribution in [3.8, 4) is 0 Å². The molecule has 1 aliphatic rings. The third kappa shape index (κ3) is 4.53. The summed E-state index contributed by atoms with van der Waals surface area (Å²) in [5, 5.41) is 2.80. The maximum absolute atomic E-state index is 11.2. The summed E-state index contributed by atoms with van der Waals surface area (Å²) in [5.41, 5.74) is 0. The number of esters is 2. The van der Waals surface area contributed by atoms with E-state index in [4.69, 9.17) is 9.79 Å². The number of hydrogen-bond acceptors (Lipinski definition) is 5. The van der Waals surface area contributed by atoms with Crippen LogP contribution in [0.4, 0.5) is 0 Å². The van der Waals surface area contributed by atoms with Gasteiger partial charge in [-0.2, -0.15) is 0 Å². The van der Waals surface area contributed by atoms with E-state index in [-0.39, 0.29) is 0 Å². The summed E-state index contributed by atoms with van der Waals surface area (Å²) in [7, 11) is -4.46.